The second-order valence-electron chi connectivity index (χ2n) is 4.23. The Labute approximate surface area is 100 Å². The molecule has 0 saturated carbocycles. The van der Waals surface area contributed by atoms with E-state index < -0.39 is 11.4 Å². The number of benzene rings is 1. The van der Waals surface area contributed by atoms with Crippen molar-refractivity contribution in [3.63, 3.8) is 0 Å². The Morgan fingerprint density at radius 3 is 2.65 bits per heavy atom. The van der Waals surface area contributed by atoms with Gasteiger partial charge in [0, 0.05) is 6.42 Å². The van der Waals surface area contributed by atoms with E-state index in [0.717, 1.165) is 16.9 Å². The molecule has 4 heteroatoms. The smallest absolute Gasteiger partial charge is 0.324 e. The van der Waals surface area contributed by atoms with E-state index in [2.05, 4.69) is 0 Å². The Balaban J connectivity index is 3.01. The predicted octanol–water partition coefficient (Wildman–Crippen LogP) is 2.16. The van der Waals surface area contributed by atoms with E-state index in [1.165, 1.54) is 6.92 Å². The van der Waals surface area contributed by atoms with Crippen LogP contribution < -0.4 is 4.74 Å². The van der Waals surface area contributed by atoms with Gasteiger partial charge in [0.05, 0.1) is 13.2 Å². The number of carboxylic acids is 1. The number of hydrogen-bond acceptors (Lipinski definition) is 3. The van der Waals surface area contributed by atoms with Gasteiger partial charge in [-0.1, -0.05) is 12.1 Å². The number of carboxylic acid groups (broad SMARTS) is 1. The summed E-state index contributed by atoms with van der Waals surface area (Å²) in [5, 5.41) is 17.9. The first-order chi connectivity index (χ1) is 7.92. The third-order valence-electron chi connectivity index (χ3n) is 2.74. The zero-order valence-corrected chi connectivity index (χ0v) is 10.2. The molecule has 1 aromatic rings. The molecule has 0 heterocycles. The molecule has 1 N–H and O–H groups in total. The zero-order valence-electron chi connectivity index (χ0n) is 10.2. The van der Waals surface area contributed by atoms with E-state index in [9.17, 15) is 4.79 Å². The molecule has 0 aliphatic rings. The lowest BCUT2D eigenvalue weighted by Gasteiger charge is -2.16. The van der Waals surface area contributed by atoms with Gasteiger partial charge in [-0.15, -0.1) is 0 Å². The molecule has 0 aliphatic heterocycles. The monoisotopic (exact) mass is 233 g/mol. The minimum atomic E-state index is -1.39. The van der Waals surface area contributed by atoms with Crippen molar-refractivity contribution >= 4 is 5.97 Å². The van der Waals surface area contributed by atoms with E-state index in [0.29, 0.717) is 0 Å². The van der Waals surface area contributed by atoms with Crippen molar-refractivity contribution in [2.45, 2.75) is 20.3 Å². The molecule has 0 fully saturated rings. The van der Waals surface area contributed by atoms with Crippen LogP contribution in [-0.2, 0) is 11.2 Å². The number of hydrogen-bond donors (Lipinski definition) is 1. The van der Waals surface area contributed by atoms with Crippen LogP contribution in [0.3, 0.4) is 0 Å². The zero-order chi connectivity index (χ0) is 13.1. The standard InChI is InChI=1S/C13H15NO3/c1-9-6-10(4-5-11(9)17-3)7-13(2,8-14)12(15)16/h4-6H,7H2,1-3H3,(H,15,16). The molecule has 4 nitrogen and oxygen atoms in total. The lowest BCUT2D eigenvalue weighted by atomic mass is 9.85. The van der Waals surface area contributed by atoms with Crippen LogP contribution in [0.4, 0.5) is 0 Å². The summed E-state index contributed by atoms with van der Waals surface area (Å²) < 4.78 is 5.12. The lowest BCUT2D eigenvalue weighted by molar-refractivity contribution is -0.144. The van der Waals surface area contributed by atoms with E-state index in [-0.39, 0.29) is 6.42 Å². The van der Waals surface area contributed by atoms with Crippen molar-refractivity contribution in [3.05, 3.63) is 29.3 Å². The molecule has 0 saturated heterocycles. The van der Waals surface area contributed by atoms with Gasteiger partial charge < -0.3 is 9.84 Å². The maximum atomic E-state index is 11.0. The van der Waals surface area contributed by atoms with Gasteiger partial charge in [-0.2, -0.15) is 5.26 Å². The number of aryl methyl sites for hydroxylation is 1. The van der Waals surface area contributed by atoms with E-state index in [4.69, 9.17) is 15.1 Å². The Kier molecular flexibility index (Phi) is 3.74. The highest BCUT2D eigenvalue weighted by Crippen LogP contribution is 2.25. The molecule has 0 aliphatic carbocycles. The summed E-state index contributed by atoms with van der Waals surface area (Å²) in [4.78, 5) is 11.0. The summed E-state index contributed by atoms with van der Waals surface area (Å²) in [7, 11) is 1.58. The van der Waals surface area contributed by atoms with Gasteiger partial charge in [0.15, 0.2) is 5.41 Å². The Morgan fingerprint density at radius 1 is 1.59 bits per heavy atom. The number of rotatable bonds is 4. The average Bonchev–Trinajstić information content (AvgIpc) is 2.29. The summed E-state index contributed by atoms with van der Waals surface area (Å²) in [6.07, 6.45) is 0.184. The topological polar surface area (TPSA) is 70.3 Å². The fourth-order valence-corrected chi connectivity index (χ4v) is 1.62. The van der Waals surface area contributed by atoms with Gasteiger partial charge in [0.25, 0.3) is 0 Å². The third kappa shape index (κ3) is 2.76. The third-order valence-corrected chi connectivity index (χ3v) is 2.74. The first-order valence-corrected chi connectivity index (χ1v) is 5.21. The largest absolute Gasteiger partial charge is 0.496 e. The van der Waals surface area contributed by atoms with Gasteiger partial charge in [0.1, 0.15) is 5.75 Å². The van der Waals surface area contributed by atoms with E-state index in [1.807, 2.05) is 19.1 Å². The molecule has 1 aromatic carbocycles. The molecule has 17 heavy (non-hydrogen) atoms. The van der Waals surface area contributed by atoms with Crippen LogP contribution in [0.2, 0.25) is 0 Å². The molecular weight excluding hydrogens is 218 g/mol. The molecule has 90 valence electrons. The van der Waals surface area contributed by atoms with Gasteiger partial charge >= 0.3 is 5.97 Å². The predicted molar refractivity (Wildman–Crippen MR) is 62.8 cm³/mol. The van der Waals surface area contributed by atoms with Gasteiger partial charge in [-0.3, -0.25) is 4.79 Å². The van der Waals surface area contributed by atoms with Crippen LogP contribution in [0.15, 0.2) is 18.2 Å². The molecule has 1 atom stereocenters. The highest BCUT2D eigenvalue weighted by atomic mass is 16.5. The fourth-order valence-electron chi connectivity index (χ4n) is 1.62. The molecule has 1 rings (SSSR count). The van der Waals surface area contributed by atoms with Crippen molar-refractivity contribution in [2.24, 2.45) is 5.41 Å². The maximum Gasteiger partial charge on any atom is 0.324 e. The fraction of sp³-hybridized carbons (Fsp3) is 0.385. The molecule has 0 aromatic heterocycles. The number of methoxy groups -OCH3 is 1. The Morgan fingerprint density at radius 2 is 2.24 bits per heavy atom. The Bertz CT molecular complexity index is 476. The van der Waals surface area contributed by atoms with Crippen molar-refractivity contribution in [2.75, 3.05) is 7.11 Å². The number of nitrogens with zero attached hydrogens (tertiary/aromatic N) is 1. The van der Waals surface area contributed by atoms with Crippen LogP contribution in [0.5, 0.6) is 5.75 Å². The molecule has 0 amide bonds. The molecule has 0 radical (unpaired) electrons. The van der Waals surface area contributed by atoms with Gasteiger partial charge in [-0.25, -0.2) is 0 Å². The molecule has 0 bridgehead atoms. The van der Waals surface area contributed by atoms with Crippen molar-refractivity contribution in [3.8, 4) is 11.8 Å². The number of aliphatic carboxylic acids is 1. The summed E-state index contributed by atoms with van der Waals surface area (Å²) in [5.74, 6) is -0.351. The Hall–Kier alpha value is -2.02. The number of nitriles is 1. The van der Waals surface area contributed by atoms with Crippen molar-refractivity contribution < 1.29 is 14.6 Å². The van der Waals surface area contributed by atoms with Crippen molar-refractivity contribution in [1.29, 1.82) is 5.26 Å². The SMILES string of the molecule is COc1ccc(CC(C)(C#N)C(=O)O)cc1C. The van der Waals surface area contributed by atoms with Crippen LogP contribution in [0.25, 0.3) is 0 Å². The summed E-state index contributed by atoms with van der Waals surface area (Å²) >= 11 is 0. The summed E-state index contributed by atoms with van der Waals surface area (Å²) in [6.45, 7) is 3.31. The molecule has 1 unspecified atom stereocenters. The van der Waals surface area contributed by atoms with Gasteiger partial charge in [-0.05, 0) is 31.0 Å². The minimum absolute atomic E-state index is 0.184. The quantitative estimate of drug-likeness (QED) is 0.865. The van der Waals surface area contributed by atoms with Crippen LogP contribution in [0.1, 0.15) is 18.1 Å². The highest BCUT2D eigenvalue weighted by Gasteiger charge is 2.33. The van der Waals surface area contributed by atoms with Crippen LogP contribution in [0, 0.1) is 23.7 Å². The first kappa shape index (κ1) is 13.0. The van der Waals surface area contributed by atoms with Crippen LogP contribution >= 0.6 is 0 Å². The normalized spacial score (nSPS) is 13.5. The molecular formula is C13H15NO3. The van der Waals surface area contributed by atoms with E-state index >= 15 is 0 Å². The summed E-state index contributed by atoms with van der Waals surface area (Å²) in [5.41, 5.74) is 0.353. The van der Waals surface area contributed by atoms with Crippen LogP contribution in [-0.4, -0.2) is 18.2 Å². The number of ether oxygens (including phenoxy) is 1. The number of carbonyl (C=O) groups is 1. The van der Waals surface area contributed by atoms with Crippen molar-refractivity contribution in [1.82, 2.24) is 0 Å². The minimum Gasteiger partial charge on any atom is -0.496 e. The van der Waals surface area contributed by atoms with E-state index in [1.54, 1.807) is 19.2 Å². The second-order valence-corrected chi connectivity index (χ2v) is 4.23. The summed E-state index contributed by atoms with van der Waals surface area (Å²) in [6, 6.07) is 7.25. The lowest BCUT2D eigenvalue weighted by Crippen LogP contribution is -2.28. The highest BCUT2D eigenvalue weighted by molar-refractivity contribution is 5.77. The first-order valence-electron chi connectivity index (χ1n) is 5.21. The second kappa shape index (κ2) is 4.88. The molecule has 0 spiro atoms. The average molecular weight is 233 g/mol. The maximum absolute atomic E-state index is 11.0. The van der Waals surface area contributed by atoms with Gasteiger partial charge in [0.2, 0.25) is 0 Å².